The predicted octanol–water partition coefficient (Wildman–Crippen LogP) is 2.99. The van der Waals surface area contributed by atoms with E-state index >= 15 is 0 Å². The molecule has 2 rings (SSSR count). The van der Waals surface area contributed by atoms with Crippen LogP contribution in [-0.4, -0.2) is 17.6 Å². The van der Waals surface area contributed by atoms with Crippen molar-refractivity contribution in [3.05, 3.63) is 58.9 Å². The highest BCUT2D eigenvalue weighted by Gasteiger charge is 2.01. The van der Waals surface area contributed by atoms with Crippen LogP contribution in [0.1, 0.15) is 17.7 Å². The van der Waals surface area contributed by atoms with Gasteiger partial charge in [0.1, 0.15) is 17.5 Å². The minimum absolute atomic E-state index is 0.237. The first kappa shape index (κ1) is 16.7. The zero-order valence-electron chi connectivity index (χ0n) is 12.4. The van der Waals surface area contributed by atoms with Gasteiger partial charge in [-0.1, -0.05) is 47.9 Å². The number of hydrogen-bond acceptors (Lipinski definition) is 4. The molecule has 0 spiro atoms. The average molecular weight is 330 g/mol. The summed E-state index contributed by atoms with van der Waals surface area (Å²) in [7, 11) is 0. The molecule has 5 nitrogen and oxygen atoms in total. The van der Waals surface area contributed by atoms with E-state index in [2.05, 4.69) is 22.1 Å². The summed E-state index contributed by atoms with van der Waals surface area (Å²) in [5, 5.41) is 2.96. The summed E-state index contributed by atoms with van der Waals surface area (Å²) in [6.45, 7) is 0.614. The number of amides is 1. The van der Waals surface area contributed by atoms with Crippen molar-refractivity contribution in [2.24, 2.45) is 0 Å². The third-order valence-electron chi connectivity index (χ3n) is 2.83. The van der Waals surface area contributed by atoms with Gasteiger partial charge in [0.15, 0.2) is 0 Å². The standard InChI is InChI=1S/C17H16ClN3O2/c18-16-10-9-14(19)15(21-16)8-4-5-11-20-17(22)23-12-13-6-2-1-3-7-13/h1-3,6-7,9-10H,5,11-12,19H2,(H,20,22). The number of alkyl carbamates (subject to hydrolysis) is 1. The number of nitrogens with zero attached hydrogens (tertiary/aromatic N) is 1. The van der Waals surface area contributed by atoms with E-state index in [0.717, 1.165) is 5.56 Å². The zero-order chi connectivity index (χ0) is 16.5. The van der Waals surface area contributed by atoms with Crippen LogP contribution in [0.25, 0.3) is 0 Å². The Kier molecular flexibility index (Phi) is 6.28. The Balaban J connectivity index is 1.70. The minimum Gasteiger partial charge on any atom is -0.445 e. The van der Waals surface area contributed by atoms with Crippen LogP contribution in [0.15, 0.2) is 42.5 Å². The van der Waals surface area contributed by atoms with Gasteiger partial charge in [-0.15, -0.1) is 0 Å². The minimum atomic E-state index is -0.476. The summed E-state index contributed by atoms with van der Waals surface area (Å²) in [6, 6.07) is 12.7. The second-order valence-corrected chi connectivity index (χ2v) is 5.00. The Morgan fingerprint density at radius 2 is 2.04 bits per heavy atom. The largest absolute Gasteiger partial charge is 0.445 e. The number of aromatic nitrogens is 1. The van der Waals surface area contributed by atoms with Crippen molar-refractivity contribution in [1.82, 2.24) is 10.3 Å². The SMILES string of the molecule is Nc1ccc(Cl)nc1C#CCCNC(=O)OCc1ccccc1. The summed E-state index contributed by atoms with van der Waals surface area (Å²) >= 11 is 5.78. The average Bonchev–Trinajstić information content (AvgIpc) is 2.56. The third-order valence-corrected chi connectivity index (χ3v) is 3.04. The molecule has 0 saturated heterocycles. The molecule has 0 aliphatic heterocycles. The quantitative estimate of drug-likeness (QED) is 0.513. The van der Waals surface area contributed by atoms with E-state index in [0.29, 0.717) is 29.5 Å². The van der Waals surface area contributed by atoms with Gasteiger partial charge in [-0.3, -0.25) is 0 Å². The van der Waals surface area contributed by atoms with Gasteiger partial charge in [0.2, 0.25) is 0 Å². The fraction of sp³-hybridized carbons (Fsp3) is 0.176. The van der Waals surface area contributed by atoms with Crippen LogP contribution in [0.5, 0.6) is 0 Å². The van der Waals surface area contributed by atoms with Crippen LogP contribution in [0, 0.1) is 11.8 Å². The molecule has 2 aromatic rings. The number of nitrogen functional groups attached to an aromatic ring is 1. The fourth-order valence-corrected chi connectivity index (χ4v) is 1.84. The van der Waals surface area contributed by atoms with Gasteiger partial charge >= 0.3 is 6.09 Å². The number of hydrogen-bond donors (Lipinski definition) is 2. The number of carbonyl (C=O) groups is 1. The molecule has 0 aliphatic rings. The highest BCUT2D eigenvalue weighted by Crippen LogP contribution is 2.11. The van der Waals surface area contributed by atoms with Gasteiger partial charge in [0.05, 0.1) is 5.69 Å². The van der Waals surface area contributed by atoms with Crippen molar-refractivity contribution in [2.45, 2.75) is 13.0 Å². The van der Waals surface area contributed by atoms with Gasteiger partial charge in [-0.2, -0.15) is 0 Å². The molecule has 0 unspecified atom stereocenters. The van der Waals surface area contributed by atoms with Crippen LogP contribution in [0.2, 0.25) is 5.15 Å². The topological polar surface area (TPSA) is 77.2 Å². The van der Waals surface area contributed by atoms with Gasteiger partial charge in [-0.05, 0) is 23.6 Å². The molecule has 1 aromatic heterocycles. The van der Waals surface area contributed by atoms with Crippen molar-refractivity contribution < 1.29 is 9.53 Å². The maximum absolute atomic E-state index is 11.5. The monoisotopic (exact) mass is 329 g/mol. The second-order valence-electron chi connectivity index (χ2n) is 4.61. The number of benzene rings is 1. The summed E-state index contributed by atoms with van der Waals surface area (Å²) < 4.78 is 5.08. The summed E-state index contributed by atoms with van der Waals surface area (Å²) in [5.74, 6) is 5.70. The third kappa shape index (κ3) is 5.89. The van der Waals surface area contributed by atoms with Gasteiger partial charge in [0.25, 0.3) is 0 Å². The molecule has 0 atom stereocenters. The van der Waals surface area contributed by atoms with Gasteiger partial charge < -0.3 is 15.8 Å². The molecule has 0 fully saturated rings. The van der Waals surface area contributed by atoms with Crippen LogP contribution in [0.4, 0.5) is 10.5 Å². The molecule has 0 aliphatic carbocycles. The molecule has 1 aromatic carbocycles. The maximum atomic E-state index is 11.5. The van der Waals surface area contributed by atoms with Crippen molar-refractivity contribution >= 4 is 23.4 Å². The molecule has 118 valence electrons. The number of anilines is 1. The fourth-order valence-electron chi connectivity index (χ4n) is 1.69. The molecular weight excluding hydrogens is 314 g/mol. The lowest BCUT2D eigenvalue weighted by atomic mass is 10.2. The molecule has 0 saturated carbocycles. The van der Waals surface area contributed by atoms with E-state index in [4.69, 9.17) is 22.1 Å². The smallest absolute Gasteiger partial charge is 0.407 e. The molecule has 3 N–H and O–H groups in total. The van der Waals surface area contributed by atoms with Crippen molar-refractivity contribution in [3.8, 4) is 11.8 Å². The highest BCUT2D eigenvalue weighted by molar-refractivity contribution is 6.29. The number of halogens is 1. The molecular formula is C17H16ClN3O2. The van der Waals surface area contributed by atoms with E-state index in [1.54, 1.807) is 12.1 Å². The Morgan fingerprint density at radius 3 is 2.83 bits per heavy atom. The van der Waals surface area contributed by atoms with Gasteiger partial charge in [-0.25, -0.2) is 9.78 Å². The Labute approximate surface area is 139 Å². The van der Waals surface area contributed by atoms with E-state index < -0.39 is 6.09 Å². The lowest BCUT2D eigenvalue weighted by molar-refractivity contribution is 0.140. The number of pyridine rings is 1. The van der Waals surface area contributed by atoms with Crippen LogP contribution in [0.3, 0.4) is 0 Å². The molecule has 0 bridgehead atoms. The number of rotatable bonds is 4. The first-order chi connectivity index (χ1) is 11.1. The van der Waals surface area contributed by atoms with Crippen LogP contribution >= 0.6 is 11.6 Å². The molecule has 0 radical (unpaired) electrons. The number of ether oxygens (including phenoxy) is 1. The van der Waals surface area contributed by atoms with E-state index in [9.17, 15) is 4.79 Å². The highest BCUT2D eigenvalue weighted by atomic mass is 35.5. The molecule has 1 heterocycles. The molecule has 1 amide bonds. The summed E-state index contributed by atoms with van der Waals surface area (Å²) in [6.07, 6.45) is -0.0234. The second kappa shape index (κ2) is 8.66. The number of carbonyl (C=O) groups excluding carboxylic acids is 1. The van der Waals surface area contributed by atoms with E-state index in [-0.39, 0.29) is 6.61 Å². The predicted molar refractivity (Wildman–Crippen MR) is 89.8 cm³/mol. The maximum Gasteiger partial charge on any atom is 0.407 e. The number of nitrogens with one attached hydrogen (secondary N) is 1. The summed E-state index contributed by atoms with van der Waals surface area (Å²) in [5.41, 5.74) is 7.57. The van der Waals surface area contributed by atoms with Crippen molar-refractivity contribution in [1.29, 1.82) is 0 Å². The Bertz CT molecular complexity index is 724. The normalized spacial score (nSPS) is 9.61. The first-order valence-electron chi connectivity index (χ1n) is 7.00. The summed E-state index contributed by atoms with van der Waals surface area (Å²) in [4.78, 5) is 15.5. The van der Waals surface area contributed by atoms with Crippen molar-refractivity contribution in [3.63, 3.8) is 0 Å². The lowest BCUT2D eigenvalue weighted by Crippen LogP contribution is -2.24. The lowest BCUT2D eigenvalue weighted by Gasteiger charge is -2.05. The number of nitrogens with two attached hydrogens (primary N) is 1. The first-order valence-corrected chi connectivity index (χ1v) is 7.38. The van der Waals surface area contributed by atoms with E-state index in [1.165, 1.54) is 0 Å². The molecule has 6 heteroatoms. The van der Waals surface area contributed by atoms with Gasteiger partial charge in [0, 0.05) is 13.0 Å². The van der Waals surface area contributed by atoms with Crippen molar-refractivity contribution in [2.75, 3.05) is 12.3 Å². The van der Waals surface area contributed by atoms with Crippen LogP contribution < -0.4 is 11.1 Å². The van der Waals surface area contributed by atoms with Crippen LogP contribution in [-0.2, 0) is 11.3 Å². The Hall–Kier alpha value is -2.71. The Morgan fingerprint density at radius 1 is 1.26 bits per heavy atom. The zero-order valence-corrected chi connectivity index (χ0v) is 13.1. The van der Waals surface area contributed by atoms with E-state index in [1.807, 2.05) is 30.3 Å². The molecule has 23 heavy (non-hydrogen) atoms.